The number of quaternary nitrogens is 1. The molecule has 0 saturated carbocycles. The molecule has 84 heavy (non-hydrogen) atoms. The predicted molar refractivity (Wildman–Crippen MR) is 369 cm³/mol. The molecule has 0 saturated heterocycles. The van der Waals surface area contributed by atoms with Crippen molar-refractivity contribution >= 4 is 13.7 Å². The van der Waals surface area contributed by atoms with Crippen molar-refractivity contribution in [1.29, 1.82) is 0 Å². The Labute approximate surface area is 523 Å². The second-order valence-electron chi connectivity index (χ2n) is 25.9. The Balaban J connectivity index is 4.02. The first-order valence-corrected chi connectivity index (χ1v) is 37.8. The van der Waals surface area contributed by atoms with Crippen molar-refractivity contribution in [2.24, 2.45) is 0 Å². The molecule has 0 aliphatic heterocycles. The fourth-order valence-corrected chi connectivity index (χ4v) is 11.6. The van der Waals surface area contributed by atoms with Crippen molar-refractivity contribution in [1.82, 2.24) is 5.32 Å². The summed E-state index contributed by atoms with van der Waals surface area (Å²) < 4.78 is 23.9. The molecule has 0 heterocycles. The van der Waals surface area contributed by atoms with Crippen LogP contribution in [0.15, 0.2) is 72.9 Å². The van der Waals surface area contributed by atoms with Crippen molar-refractivity contribution < 1.29 is 32.9 Å². The Morgan fingerprint density at radius 3 is 1.05 bits per heavy atom. The smallest absolute Gasteiger partial charge is 0.391 e. The van der Waals surface area contributed by atoms with Gasteiger partial charge in [0.25, 0.3) is 0 Å². The molecule has 0 radical (unpaired) electrons. The standard InChI is InChI=1S/C75H141N2O6P/c1-6-8-10-12-14-16-18-20-22-24-26-28-30-32-34-36-37-38-39-41-43-45-47-49-51-53-55-57-59-61-63-65-67-69-75(79)76-73(72-83-84(80,81)82-71-70-77(3,4)5)74(78)68-66-64-62-60-58-56-54-52-50-48-46-44-42-40-35-33-31-29-27-25-23-21-19-17-15-13-11-9-7-2/h8,10,14,16,20,22,26,28,32,34,37-38,73-74,78H,6-7,9,11-13,15,17-19,21,23-25,27,29-31,33,35-36,39-72H2,1-5H3,(H-,76,79,80,81)/p+1/b10-8-,16-14-,22-20-,28-26-,34-32-,38-37-. The number of phosphoric acid groups is 1. The third-order valence-electron chi connectivity index (χ3n) is 16.5. The minimum absolute atomic E-state index is 0.0737. The first kappa shape index (κ1) is 81.9. The van der Waals surface area contributed by atoms with Gasteiger partial charge in [0.1, 0.15) is 13.2 Å². The summed E-state index contributed by atoms with van der Waals surface area (Å²) in [5.41, 5.74) is 0. The topological polar surface area (TPSA) is 105 Å². The molecule has 0 bridgehead atoms. The highest BCUT2D eigenvalue weighted by molar-refractivity contribution is 7.47. The zero-order chi connectivity index (χ0) is 61.2. The van der Waals surface area contributed by atoms with Crippen LogP contribution in [0.4, 0.5) is 0 Å². The Bertz CT molecular complexity index is 1600. The molecular weight excluding hydrogens is 1060 g/mol. The molecule has 492 valence electrons. The Hall–Kier alpha value is -2.06. The number of hydrogen-bond donors (Lipinski definition) is 3. The van der Waals surface area contributed by atoms with Crippen LogP contribution in [0.1, 0.15) is 348 Å². The number of aliphatic hydroxyl groups is 1. The predicted octanol–water partition coefficient (Wildman–Crippen LogP) is 23.3. The van der Waals surface area contributed by atoms with Gasteiger partial charge in [-0.2, -0.15) is 0 Å². The van der Waals surface area contributed by atoms with E-state index in [9.17, 15) is 19.4 Å². The maximum Gasteiger partial charge on any atom is 0.472 e. The van der Waals surface area contributed by atoms with Crippen LogP contribution in [-0.4, -0.2) is 73.4 Å². The van der Waals surface area contributed by atoms with Crippen molar-refractivity contribution in [2.75, 3.05) is 40.9 Å². The molecule has 0 rings (SSSR count). The van der Waals surface area contributed by atoms with Crippen molar-refractivity contribution in [3.05, 3.63) is 72.9 Å². The Morgan fingerprint density at radius 1 is 0.417 bits per heavy atom. The van der Waals surface area contributed by atoms with E-state index in [2.05, 4.69) is 92.1 Å². The van der Waals surface area contributed by atoms with Crippen LogP contribution in [0, 0.1) is 0 Å². The second-order valence-corrected chi connectivity index (χ2v) is 27.4. The highest BCUT2D eigenvalue weighted by Crippen LogP contribution is 2.43. The number of carbonyl (C=O) groups is 1. The van der Waals surface area contributed by atoms with Crippen molar-refractivity contribution in [2.45, 2.75) is 360 Å². The van der Waals surface area contributed by atoms with Crippen molar-refractivity contribution in [3.63, 3.8) is 0 Å². The van der Waals surface area contributed by atoms with E-state index in [0.29, 0.717) is 23.9 Å². The van der Waals surface area contributed by atoms with Crippen molar-refractivity contribution in [3.8, 4) is 0 Å². The number of unbranched alkanes of at least 4 members (excludes halogenated alkanes) is 42. The van der Waals surface area contributed by atoms with Gasteiger partial charge >= 0.3 is 7.82 Å². The first-order valence-electron chi connectivity index (χ1n) is 36.3. The van der Waals surface area contributed by atoms with E-state index >= 15 is 0 Å². The van der Waals surface area contributed by atoms with E-state index in [1.165, 1.54) is 244 Å². The normalized spacial score (nSPS) is 14.0. The molecule has 0 aromatic carbocycles. The lowest BCUT2D eigenvalue weighted by Gasteiger charge is -2.26. The van der Waals surface area contributed by atoms with Crippen LogP contribution in [-0.2, 0) is 18.4 Å². The van der Waals surface area contributed by atoms with Crippen LogP contribution in [0.25, 0.3) is 0 Å². The van der Waals surface area contributed by atoms with Gasteiger partial charge in [0, 0.05) is 6.42 Å². The van der Waals surface area contributed by atoms with E-state index < -0.39 is 20.0 Å². The first-order chi connectivity index (χ1) is 41.0. The van der Waals surface area contributed by atoms with Gasteiger partial charge in [-0.25, -0.2) is 4.57 Å². The van der Waals surface area contributed by atoms with E-state index in [1.807, 2.05) is 21.1 Å². The summed E-state index contributed by atoms with van der Waals surface area (Å²) in [6.07, 6.45) is 91.5. The summed E-state index contributed by atoms with van der Waals surface area (Å²) in [5, 5.41) is 14.2. The molecular formula is C75H142N2O6P+. The van der Waals surface area contributed by atoms with Crippen LogP contribution in [0.5, 0.6) is 0 Å². The number of aliphatic hydroxyl groups excluding tert-OH is 1. The summed E-state index contributed by atoms with van der Waals surface area (Å²) in [5.74, 6) is -0.142. The van der Waals surface area contributed by atoms with Gasteiger partial charge in [-0.15, -0.1) is 0 Å². The minimum atomic E-state index is -4.33. The number of nitrogens with zero attached hydrogens (tertiary/aromatic N) is 1. The number of amides is 1. The summed E-state index contributed by atoms with van der Waals surface area (Å²) >= 11 is 0. The monoisotopic (exact) mass is 1200 g/mol. The molecule has 0 aromatic heterocycles. The summed E-state index contributed by atoms with van der Waals surface area (Å²) in [7, 11) is 1.62. The molecule has 0 fully saturated rings. The third kappa shape index (κ3) is 67.4. The van der Waals surface area contributed by atoms with Gasteiger partial charge in [-0.1, -0.05) is 350 Å². The summed E-state index contributed by atoms with van der Waals surface area (Å²) in [6.45, 7) is 4.82. The maximum atomic E-state index is 13.1. The number of likely N-dealkylation sites (N-methyl/N-ethyl adjacent to an activating group) is 1. The largest absolute Gasteiger partial charge is 0.472 e. The highest BCUT2D eigenvalue weighted by atomic mass is 31.2. The summed E-state index contributed by atoms with van der Waals surface area (Å²) in [6, 6.07) is -0.766. The summed E-state index contributed by atoms with van der Waals surface area (Å²) in [4.78, 5) is 23.5. The lowest BCUT2D eigenvalue weighted by Crippen LogP contribution is -2.46. The van der Waals surface area contributed by atoms with Crippen LogP contribution in [0.2, 0.25) is 0 Å². The molecule has 8 nitrogen and oxygen atoms in total. The number of rotatable bonds is 67. The van der Waals surface area contributed by atoms with Gasteiger partial charge in [0.15, 0.2) is 0 Å². The lowest BCUT2D eigenvalue weighted by molar-refractivity contribution is -0.870. The van der Waals surface area contributed by atoms with E-state index in [-0.39, 0.29) is 19.1 Å². The molecule has 3 unspecified atom stereocenters. The SMILES string of the molecule is CC/C=C\C/C=C\C/C=C\C/C=C\C/C=C\C/C=C\CCCCCCCCCCCCCCCCC(=O)NC(COP(=O)(O)OCC[N+](C)(C)C)C(O)CCCCCCCCCCCCCCCCCCCCCCCCCCCCCCC. The number of phosphoric ester groups is 1. The van der Waals surface area contributed by atoms with Gasteiger partial charge in [0.05, 0.1) is 39.9 Å². The quantitative estimate of drug-likeness (QED) is 0.0243. The van der Waals surface area contributed by atoms with E-state index in [4.69, 9.17) is 9.05 Å². The fourth-order valence-electron chi connectivity index (χ4n) is 10.9. The van der Waals surface area contributed by atoms with Crippen LogP contribution < -0.4 is 5.32 Å². The molecule has 3 atom stereocenters. The molecule has 0 spiro atoms. The van der Waals surface area contributed by atoms with E-state index in [1.54, 1.807) is 0 Å². The molecule has 3 N–H and O–H groups in total. The average molecular weight is 1200 g/mol. The number of hydrogen-bond acceptors (Lipinski definition) is 5. The Morgan fingerprint density at radius 2 is 0.714 bits per heavy atom. The zero-order valence-electron chi connectivity index (χ0n) is 56.4. The average Bonchev–Trinajstić information content (AvgIpc) is 3.56. The Kier molecular flexibility index (Phi) is 63.8. The van der Waals surface area contributed by atoms with Gasteiger partial charge in [-0.3, -0.25) is 13.8 Å². The van der Waals surface area contributed by atoms with Gasteiger partial charge < -0.3 is 19.8 Å². The third-order valence-corrected chi connectivity index (χ3v) is 17.5. The molecule has 1 amide bonds. The minimum Gasteiger partial charge on any atom is -0.391 e. The highest BCUT2D eigenvalue weighted by Gasteiger charge is 2.28. The zero-order valence-corrected chi connectivity index (χ0v) is 57.3. The van der Waals surface area contributed by atoms with Crippen LogP contribution >= 0.6 is 7.82 Å². The van der Waals surface area contributed by atoms with Gasteiger partial charge in [0.2, 0.25) is 5.91 Å². The van der Waals surface area contributed by atoms with E-state index in [0.717, 1.165) is 77.0 Å². The second kappa shape index (κ2) is 65.4. The fraction of sp³-hybridized carbons (Fsp3) is 0.827. The van der Waals surface area contributed by atoms with Crippen LogP contribution in [0.3, 0.4) is 0 Å². The molecule has 0 aromatic rings. The maximum absolute atomic E-state index is 13.1. The number of allylic oxidation sites excluding steroid dienone is 12. The molecule has 9 heteroatoms. The number of carbonyl (C=O) groups excluding carboxylic acids is 1. The lowest BCUT2D eigenvalue weighted by atomic mass is 10.0. The number of nitrogens with one attached hydrogen (secondary N) is 1. The van der Waals surface area contributed by atoms with Gasteiger partial charge in [-0.05, 0) is 64.2 Å². The molecule has 0 aliphatic carbocycles. The molecule has 0 aliphatic rings.